The summed E-state index contributed by atoms with van der Waals surface area (Å²) in [7, 11) is 0. The molecule has 2 aromatic carbocycles. The summed E-state index contributed by atoms with van der Waals surface area (Å²) in [4.78, 5) is 27.4. The molecule has 3 aromatic rings. The summed E-state index contributed by atoms with van der Waals surface area (Å²) in [5, 5.41) is 11.2. The monoisotopic (exact) mass is 319 g/mol. The predicted molar refractivity (Wildman–Crippen MR) is 90.6 cm³/mol. The fourth-order valence-corrected chi connectivity index (χ4v) is 2.53. The number of nitrogens with two attached hydrogens (primary N) is 1. The van der Waals surface area contributed by atoms with Crippen molar-refractivity contribution in [2.45, 2.75) is 0 Å². The lowest BCUT2D eigenvalue weighted by atomic mass is 9.94. The fraction of sp³-hybridized carbons (Fsp3) is 0. The van der Waals surface area contributed by atoms with Gasteiger partial charge in [0, 0.05) is 29.1 Å². The van der Waals surface area contributed by atoms with Gasteiger partial charge >= 0.3 is 0 Å². The maximum absolute atomic E-state index is 12.9. The van der Waals surface area contributed by atoms with Crippen LogP contribution in [0.3, 0.4) is 0 Å². The van der Waals surface area contributed by atoms with Crippen LogP contribution in [0, 0.1) is 10.1 Å². The van der Waals surface area contributed by atoms with E-state index in [1.54, 1.807) is 18.2 Å². The van der Waals surface area contributed by atoms with Crippen molar-refractivity contribution in [2.24, 2.45) is 0 Å². The molecule has 0 radical (unpaired) electrons. The average Bonchev–Trinajstić information content (AvgIpc) is 2.61. The molecular formula is C18H13N3O3. The Kier molecular flexibility index (Phi) is 4.03. The van der Waals surface area contributed by atoms with E-state index in [-0.39, 0.29) is 16.9 Å². The van der Waals surface area contributed by atoms with Crippen LogP contribution < -0.4 is 5.73 Å². The van der Waals surface area contributed by atoms with Crippen molar-refractivity contribution in [1.29, 1.82) is 0 Å². The molecule has 0 unspecified atom stereocenters. The molecular weight excluding hydrogens is 306 g/mol. The Hall–Kier alpha value is -3.54. The molecule has 0 aliphatic heterocycles. The number of carbonyl (C=O) groups is 1. The Labute approximate surface area is 137 Å². The van der Waals surface area contributed by atoms with E-state index in [9.17, 15) is 14.9 Å². The zero-order chi connectivity index (χ0) is 17.1. The minimum absolute atomic E-state index is 0.203. The number of nitro groups is 1. The molecule has 6 nitrogen and oxygen atoms in total. The molecule has 0 atom stereocenters. The fourth-order valence-electron chi connectivity index (χ4n) is 2.53. The van der Waals surface area contributed by atoms with Gasteiger partial charge in [-0.2, -0.15) is 0 Å². The molecule has 24 heavy (non-hydrogen) atoms. The lowest BCUT2D eigenvalue weighted by Crippen LogP contribution is -2.10. The number of nitrogen functional groups attached to an aromatic ring is 1. The average molecular weight is 319 g/mol. The first-order valence-corrected chi connectivity index (χ1v) is 7.17. The number of nitrogens with zero attached hydrogens (tertiary/aromatic N) is 2. The first-order valence-electron chi connectivity index (χ1n) is 7.17. The third-order valence-corrected chi connectivity index (χ3v) is 3.60. The highest BCUT2D eigenvalue weighted by Gasteiger charge is 2.25. The molecule has 0 saturated heterocycles. The lowest BCUT2D eigenvalue weighted by molar-refractivity contribution is -0.385. The van der Waals surface area contributed by atoms with Crippen LogP contribution in [0.4, 0.5) is 11.4 Å². The number of pyridine rings is 1. The zero-order valence-corrected chi connectivity index (χ0v) is 12.5. The van der Waals surface area contributed by atoms with E-state index in [0.29, 0.717) is 11.3 Å². The van der Waals surface area contributed by atoms with Gasteiger partial charge < -0.3 is 5.73 Å². The van der Waals surface area contributed by atoms with Crippen LogP contribution in [0.25, 0.3) is 11.1 Å². The SMILES string of the molecule is Nc1cccc(C(=O)c2ncccc2[N+](=O)[O-])c1-c1ccccc1. The van der Waals surface area contributed by atoms with Crippen molar-refractivity contribution in [3.8, 4) is 11.1 Å². The highest BCUT2D eigenvalue weighted by Crippen LogP contribution is 2.32. The Balaban J connectivity index is 2.20. The highest BCUT2D eigenvalue weighted by molar-refractivity contribution is 6.15. The molecule has 0 fully saturated rings. The molecule has 0 aliphatic carbocycles. The van der Waals surface area contributed by atoms with Gasteiger partial charge in [-0.3, -0.25) is 14.9 Å². The minimum Gasteiger partial charge on any atom is -0.398 e. The smallest absolute Gasteiger partial charge is 0.298 e. The van der Waals surface area contributed by atoms with Crippen molar-refractivity contribution in [3.05, 3.63) is 88.2 Å². The van der Waals surface area contributed by atoms with Gasteiger partial charge in [-0.1, -0.05) is 42.5 Å². The van der Waals surface area contributed by atoms with Gasteiger partial charge in [0.15, 0.2) is 5.69 Å². The summed E-state index contributed by atoms with van der Waals surface area (Å²) in [5.74, 6) is -0.534. The molecule has 0 amide bonds. The molecule has 0 spiro atoms. The van der Waals surface area contributed by atoms with Crippen molar-refractivity contribution in [3.63, 3.8) is 0 Å². The summed E-state index contributed by atoms with van der Waals surface area (Å²) in [6.07, 6.45) is 1.36. The largest absolute Gasteiger partial charge is 0.398 e. The zero-order valence-electron chi connectivity index (χ0n) is 12.5. The van der Waals surface area contributed by atoms with E-state index < -0.39 is 10.7 Å². The number of hydrogen-bond acceptors (Lipinski definition) is 5. The van der Waals surface area contributed by atoms with E-state index in [0.717, 1.165) is 5.56 Å². The summed E-state index contributed by atoms with van der Waals surface area (Å²) in [5.41, 5.74) is 7.54. The molecule has 1 aromatic heterocycles. The quantitative estimate of drug-likeness (QED) is 0.343. The van der Waals surface area contributed by atoms with E-state index >= 15 is 0 Å². The van der Waals surface area contributed by atoms with Crippen LogP contribution in [-0.2, 0) is 0 Å². The van der Waals surface area contributed by atoms with Gasteiger partial charge in [-0.05, 0) is 17.7 Å². The number of benzene rings is 2. The van der Waals surface area contributed by atoms with Crippen LogP contribution in [0.1, 0.15) is 16.1 Å². The van der Waals surface area contributed by atoms with Gasteiger partial charge in [0.25, 0.3) is 5.69 Å². The van der Waals surface area contributed by atoms with Crippen LogP contribution in [0.5, 0.6) is 0 Å². The van der Waals surface area contributed by atoms with Crippen molar-refractivity contribution >= 4 is 17.2 Å². The first-order chi connectivity index (χ1) is 11.6. The molecule has 1 heterocycles. The van der Waals surface area contributed by atoms with Crippen LogP contribution >= 0.6 is 0 Å². The lowest BCUT2D eigenvalue weighted by Gasteiger charge is -2.11. The molecule has 118 valence electrons. The van der Waals surface area contributed by atoms with E-state index in [1.807, 2.05) is 30.3 Å². The van der Waals surface area contributed by atoms with Gasteiger partial charge in [-0.15, -0.1) is 0 Å². The Morgan fingerprint density at radius 2 is 1.75 bits per heavy atom. The van der Waals surface area contributed by atoms with Gasteiger partial charge in [0.05, 0.1) is 4.92 Å². The third-order valence-electron chi connectivity index (χ3n) is 3.60. The van der Waals surface area contributed by atoms with Crippen LogP contribution in [0.15, 0.2) is 66.9 Å². The Morgan fingerprint density at radius 1 is 1.00 bits per heavy atom. The molecule has 3 rings (SSSR count). The number of ketones is 1. The van der Waals surface area contributed by atoms with Gasteiger partial charge in [0.2, 0.25) is 5.78 Å². The third kappa shape index (κ3) is 2.72. The standard InChI is InChI=1S/C18H13N3O3/c19-14-9-4-8-13(16(14)12-6-2-1-3-7-12)18(22)17-15(21(23)24)10-5-11-20-17/h1-11H,19H2. The van der Waals surface area contributed by atoms with Crippen LogP contribution in [-0.4, -0.2) is 15.7 Å². The predicted octanol–water partition coefficient (Wildman–Crippen LogP) is 3.47. The Bertz CT molecular complexity index is 924. The summed E-state index contributed by atoms with van der Waals surface area (Å²) in [6, 6.07) is 16.8. The molecule has 0 bridgehead atoms. The maximum atomic E-state index is 12.9. The second-order valence-electron chi connectivity index (χ2n) is 5.09. The second kappa shape index (κ2) is 6.29. The first kappa shape index (κ1) is 15.4. The maximum Gasteiger partial charge on any atom is 0.298 e. The van der Waals surface area contributed by atoms with Gasteiger partial charge in [-0.25, -0.2) is 4.98 Å². The minimum atomic E-state index is -0.616. The second-order valence-corrected chi connectivity index (χ2v) is 5.09. The number of rotatable bonds is 4. The van der Waals surface area contributed by atoms with Crippen molar-refractivity contribution in [1.82, 2.24) is 4.98 Å². The number of anilines is 1. The van der Waals surface area contributed by atoms with E-state index in [1.165, 1.54) is 18.3 Å². The van der Waals surface area contributed by atoms with E-state index in [4.69, 9.17) is 5.73 Å². The van der Waals surface area contributed by atoms with Crippen molar-refractivity contribution in [2.75, 3.05) is 5.73 Å². The topological polar surface area (TPSA) is 99.1 Å². The molecule has 0 saturated carbocycles. The molecule has 2 N–H and O–H groups in total. The summed E-state index contributed by atoms with van der Waals surface area (Å²) in [6.45, 7) is 0. The van der Waals surface area contributed by atoms with E-state index in [2.05, 4.69) is 4.98 Å². The Morgan fingerprint density at radius 3 is 2.46 bits per heavy atom. The summed E-state index contributed by atoms with van der Waals surface area (Å²) < 4.78 is 0. The van der Waals surface area contributed by atoms with Gasteiger partial charge in [0.1, 0.15) is 0 Å². The number of carbonyl (C=O) groups excluding carboxylic acids is 1. The summed E-state index contributed by atoms with van der Waals surface area (Å²) >= 11 is 0. The van der Waals surface area contributed by atoms with Crippen LogP contribution in [0.2, 0.25) is 0 Å². The highest BCUT2D eigenvalue weighted by atomic mass is 16.6. The molecule has 0 aliphatic rings. The number of aromatic nitrogens is 1. The number of hydrogen-bond donors (Lipinski definition) is 1. The van der Waals surface area contributed by atoms with Crippen molar-refractivity contribution < 1.29 is 9.72 Å². The molecule has 6 heteroatoms. The normalized spacial score (nSPS) is 10.3.